The van der Waals surface area contributed by atoms with Gasteiger partial charge in [-0.05, 0) is 50.2 Å². The molecule has 0 amide bonds. The number of aryl methyl sites for hydroxylation is 1. The van der Waals surface area contributed by atoms with Gasteiger partial charge in [0.2, 0.25) is 5.95 Å². The molecule has 2 aromatic carbocycles. The van der Waals surface area contributed by atoms with Gasteiger partial charge < -0.3 is 14.6 Å². The van der Waals surface area contributed by atoms with E-state index in [1.54, 1.807) is 0 Å². The summed E-state index contributed by atoms with van der Waals surface area (Å²) in [4.78, 5) is 4.66. The molecular formula is C17H19N3O. The summed E-state index contributed by atoms with van der Waals surface area (Å²) in [5.74, 6) is 1.75. The van der Waals surface area contributed by atoms with Gasteiger partial charge >= 0.3 is 0 Å². The summed E-state index contributed by atoms with van der Waals surface area (Å²) in [5, 5.41) is 3.38. The number of fused-ring (bicyclic) bond motifs is 1. The van der Waals surface area contributed by atoms with Crippen molar-refractivity contribution in [1.29, 1.82) is 0 Å². The van der Waals surface area contributed by atoms with Crippen molar-refractivity contribution in [3.8, 4) is 5.75 Å². The zero-order chi connectivity index (χ0) is 14.7. The van der Waals surface area contributed by atoms with Crippen LogP contribution < -0.4 is 10.1 Å². The molecule has 3 aromatic rings. The van der Waals surface area contributed by atoms with Gasteiger partial charge in [-0.15, -0.1) is 0 Å². The minimum absolute atomic E-state index is 0.679. The number of rotatable bonds is 5. The maximum absolute atomic E-state index is 5.46. The molecule has 1 N–H and O–H groups in total. The van der Waals surface area contributed by atoms with E-state index in [0.29, 0.717) is 6.61 Å². The Bertz CT molecular complexity index is 731. The van der Waals surface area contributed by atoms with Crippen molar-refractivity contribution in [3.63, 3.8) is 0 Å². The Morgan fingerprint density at radius 3 is 2.52 bits per heavy atom. The van der Waals surface area contributed by atoms with Gasteiger partial charge in [0.25, 0.3) is 0 Å². The number of ether oxygens (including phenoxy) is 1. The molecule has 0 aliphatic heterocycles. The van der Waals surface area contributed by atoms with E-state index < -0.39 is 0 Å². The van der Waals surface area contributed by atoms with Gasteiger partial charge in [-0.3, -0.25) is 0 Å². The molecule has 1 aromatic heterocycles. The number of para-hydroxylation sites is 2. The number of anilines is 2. The van der Waals surface area contributed by atoms with Gasteiger partial charge in [0, 0.05) is 12.2 Å². The molecule has 21 heavy (non-hydrogen) atoms. The highest BCUT2D eigenvalue weighted by atomic mass is 16.5. The highest BCUT2D eigenvalue weighted by Crippen LogP contribution is 2.24. The number of benzene rings is 2. The number of hydrogen-bond acceptors (Lipinski definition) is 3. The molecule has 4 nitrogen and oxygen atoms in total. The van der Waals surface area contributed by atoms with Crippen LogP contribution in [0, 0.1) is 0 Å². The van der Waals surface area contributed by atoms with Gasteiger partial charge in [0.1, 0.15) is 5.75 Å². The van der Waals surface area contributed by atoms with E-state index >= 15 is 0 Å². The number of imidazole rings is 1. The quantitative estimate of drug-likeness (QED) is 0.762. The van der Waals surface area contributed by atoms with E-state index in [1.165, 1.54) is 0 Å². The maximum Gasteiger partial charge on any atom is 0.208 e. The summed E-state index contributed by atoms with van der Waals surface area (Å²) >= 11 is 0. The van der Waals surface area contributed by atoms with Crippen molar-refractivity contribution < 1.29 is 4.74 Å². The summed E-state index contributed by atoms with van der Waals surface area (Å²) in [6.07, 6.45) is 0. The van der Waals surface area contributed by atoms with Gasteiger partial charge in [-0.2, -0.15) is 0 Å². The highest BCUT2D eigenvalue weighted by Gasteiger charge is 2.08. The van der Waals surface area contributed by atoms with Crippen LogP contribution in [0.5, 0.6) is 5.75 Å². The second-order valence-corrected chi connectivity index (χ2v) is 4.75. The average Bonchev–Trinajstić information content (AvgIpc) is 2.86. The Hall–Kier alpha value is -2.49. The van der Waals surface area contributed by atoms with Crippen molar-refractivity contribution in [2.75, 3.05) is 11.9 Å². The molecule has 0 spiro atoms. The largest absolute Gasteiger partial charge is 0.494 e. The van der Waals surface area contributed by atoms with Crippen LogP contribution in [0.1, 0.15) is 13.8 Å². The van der Waals surface area contributed by atoms with Crippen LogP contribution in [0.15, 0.2) is 48.5 Å². The zero-order valence-corrected chi connectivity index (χ0v) is 12.3. The lowest BCUT2D eigenvalue weighted by molar-refractivity contribution is 0.340. The molecule has 4 heteroatoms. The SMILES string of the molecule is CCOc1ccc(Nc2nc3ccccc3n2CC)cc1. The van der Waals surface area contributed by atoms with Crippen LogP contribution in [-0.4, -0.2) is 16.2 Å². The molecule has 0 bridgehead atoms. The fourth-order valence-electron chi connectivity index (χ4n) is 2.42. The summed E-state index contributed by atoms with van der Waals surface area (Å²) in [7, 11) is 0. The number of hydrogen-bond donors (Lipinski definition) is 1. The first-order valence-electron chi connectivity index (χ1n) is 7.27. The van der Waals surface area contributed by atoms with E-state index in [4.69, 9.17) is 4.74 Å². The van der Waals surface area contributed by atoms with Crippen LogP contribution in [0.25, 0.3) is 11.0 Å². The molecule has 3 rings (SSSR count). The van der Waals surface area contributed by atoms with E-state index in [9.17, 15) is 0 Å². The molecular weight excluding hydrogens is 262 g/mol. The van der Waals surface area contributed by atoms with Crippen molar-refractivity contribution in [3.05, 3.63) is 48.5 Å². The van der Waals surface area contributed by atoms with Crippen molar-refractivity contribution >= 4 is 22.7 Å². The van der Waals surface area contributed by atoms with Crippen LogP contribution in [0.2, 0.25) is 0 Å². The second kappa shape index (κ2) is 5.87. The lowest BCUT2D eigenvalue weighted by Crippen LogP contribution is -2.02. The van der Waals surface area contributed by atoms with Crippen LogP contribution in [0.4, 0.5) is 11.6 Å². The van der Waals surface area contributed by atoms with Crippen LogP contribution in [-0.2, 0) is 6.54 Å². The van der Waals surface area contributed by atoms with Crippen molar-refractivity contribution in [2.45, 2.75) is 20.4 Å². The predicted molar refractivity (Wildman–Crippen MR) is 86.3 cm³/mol. The van der Waals surface area contributed by atoms with Gasteiger partial charge in [0.15, 0.2) is 0 Å². The molecule has 108 valence electrons. The highest BCUT2D eigenvalue weighted by molar-refractivity contribution is 5.79. The topological polar surface area (TPSA) is 39.1 Å². The summed E-state index contributed by atoms with van der Waals surface area (Å²) in [5.41, 5.74) is 3.16. The molecule has 0 saturated heterocycles. The third-order valence-corrected chi connectivity index (χ3v) is 3.39. The first-order valence-corrected chi connectivity index (χ1v) is 7.27. The Morgan fingerprint density at radius 2 is 1.81 bits per heavy atom. The van der Waals surface area contributed by atoms with Gasteiger partial charge in [-0.1, -0.05) is 12.1 Å². The molecule has 0 aliphatic rings. The van der Waals surface area contributed by atoms with Crippen molar-refractivity contribution in [1.82, 2.24) is 9.55 Å². The lowest BCUT2D eigenvalue weighted by Gasteiger charge is -2.09. The summed E-state index contributed by atoms with van der Waals surface area (Å²) < 4.78 is 7.63. The second-order valence-electron chi connectivity index (χ2n) is 4.75. The average molecular weight is 281 g/mol. The van der Waals surface area contributed by atoms with E-state index in [0.717, 1.165) is 35.0 Å². The van der Waals surface area contributed by atoms with Gasteiger partial charge in [0.05, 0.1) is 17.6 Å². The normalized spacial score (nSPS) is 10.8. The van der Waals surface area contributed by atoms with Crippen LogP contribution in [0.3, 0.4) is 0 Å². The molecule has 0 radical (unpaired) electrons. The maximum atomic E-state index is 5.46. The zero-order valence-electron chi connectivity index (χ0n) is 12.3. The first-order chi connectivity index (χ1) is 10.3. The smallest absolute Gasteiger partial charge is 0.208 e. The Morgan fingerprint density at radius 1 is 1.05 bits per heavy atom. The monoisotopic (exact) mass is 281 g/mol. The standard InChI is InChI=1S/C17H19N3O/c1-3-20-16-8-6-5-7-15(16)19-17(20)18-13-9-11-14(12-10-13)21-4-2/h5-12H,3-4H2,1-2H3,(H,18,19). The predicted octanol–water partition coefficient (Wildman–Crippen LogP) is 4.20. The minimum atomic E-state index is 0.679. The minimum Gasteiger partial charge on any atom is -0.494 e. The van der Waals surface area contributed by atoms with Crippen LogP contribution >= 0.6 is 0 Å². The third kappa shape index (κ3) is 2.70. The molecule has 0 atom stereocenters. The van der Waals surface area contributed by atoms with Gasteiger partial charge in [-0.25, -0.2) is 4.98 Å². The number of aromatic nitrogens is 2. The van der Waals surface area contributed by atoms with E-state index in [2.05, 4.69) is 27.9 Å². The summed E-state index contributed by atoms with van der Waals surface area (Å²) in [6, 6.07) is 16.1. The molecule has 0 fully saturated rings. The Labute approximate surface area is 124 Å². The number of nitrogens with zero attached hydrogens (tertiary/aromatic N) is 2. The Kier molecular flexibility index (Phi) is 3.77. The fraction of sp³-hybridized carbons (Fsp3) is 0.235. The molecule has 0 saturated carbocycles. The van der Waals surface area contributed by atoms with Crippen molar-refractivity contribution in [2.24, 2.45) is 0 Å². The molecule has 0 aliphatic carbocycles. The fourth-order valence-corrected chi connectivity index (χ4v) is 2.42. The first kappa shape index (κ1) is 13.5. The summed E-state index contributed by atoms with van der Waals surface area (Å²) in [6.45, 7) is 5.66. The third-order valence-electron chi connectivity index (χ3n) is 3.39. The van der Waals surface area contributed by atoms with E-state index in [-0.39, 0.29) is 0 Å². The number of nitrogens with one attached hydrogen (secondary N) is 1. The van der Waals surface area contributed by atoms with E-state index in [1.807, 2.05) is 49.4 Å². The molecule has 0 unspecified atom stereocenters. The molecule has 1 heterocycles. The Balaban J connectivity index is 1.90. The lowest BCUT2D eigenvalue weighted by atomic mass is 10.3.